The molecule has 2 rings (SSSR count). The fourth-order valence-corrected chi connectivity index (χ4v) is 2.01. The van der Waals surface area contributed by atoms with Crippen LogP contribution in [0.2, 0.25) is 0 Å². The minimum atomic E-state index is 0.0417. The lowest BCUT2D eigenvalue weighted by Crippen LogP contribution is -2.33. The lowest BCUT2D eigenvalue weighted by atomic mass is 10.2. The zero-order valence-corrected chi connectivity index (χ0v) is 11.4. The molecule has 1 aliphatic heterocycles. The summed E-state index contributed by atoms with van der Waals surface area (Å²) in [6, 6.07) is 3.69. The Bertz CT molecular complexity index is 398. The normalized spacial score (nSPS) is 15.9. The van der Waals surface area contributed by atoms with Crippen LogP contribution in [0.4, 0.5) is 5.82 Å². The molecule has 19 heavy (non-hydrogen) atoms. The number of nitrogens with zero attached hydrogens (tertiary/aromatic N) is 2. The Kier molecular flexibility index (Phi) is 5.15. The monoisotopic (exact) mass is 263 g/mol. The molecule has 0 aromatic carbocycles. The second kappa shape index (κ2) is 7.09. The van der Waals surface area contributed by atoms with Gasteiger partial charge in [0.1, 0.15) is 5.82 Å². The zero-order chi connectivity index (χ0) is 13.5. The number of hydrogen-bond donors (Lipinski definition) is 1. The van der Waals surface area contributed by atoms with Gasteiger partial charge in [0.2, 0.25) is 0 Å². The Balaban J connectivity index is 1.98. The molecule has 1 amide bonds. The number of pyridine rings is 1. The van der Waals surface area contributed by atoms with Crippen molar-refractivity contribution in [3.63, 3.8) is 0 Å². The van der Waals surface area contributed by atoms with Crippen LogP contribution >= 0.6 is 0 Å². The molecule has 0 atom stereocenters. The van der Waals surface area contributed by atoms with Gasteiger partial charge in [0.15, 0.2) is 0 Å². The second-order valence-corrected chi connectivity index (χ2v) is 4.62. The van der Waals surface area contributed by atoms with Gasteiger partial charge >= 0.3 is 0 Å². The third-order valence-electron chi connectivity index (χ3n) is 3.08. The molecule has 0 spiro atoms. The molecule has 5 heteroatoms. The quantitative estimate of drug-likeness (QED) is 0.899. The molecule has 1 saturated heterocycles. The van der Waals surface area contributed by atoms with Gasteiger partial charge in [-0.1, -0.05) is 6.92 Å². The summed E-state index contributed by atoms with van der Waals surface area (Å²) < 4.78 is 5.35. The lowest BCUT2D eigenvalue weighted by molar-refractivity contribution is 0.0741. The summed E-state index contributed by atoms with van der Waals surface area (Å²) in [5.74, 6) is 0.859. The van der Waals surface area contributed by atoms with Crippen molar-refractivity contribution in [1.82, 2.24) is 9.88 Å². The maximum atomic E-state index is 12.3. The fourth-order valence-electron chi connectivity index (χ4n) is 2.01. The van der Waals surface area contributed by atoms with E-state index in [4.69, 9.17) is 4.74 Å². The fraction of sp³-hybridized carbons (Fsp3) is 0.571. The van der Waals surface area contributed by atoms with E-state index < -0.39 is 0 Å². The molecule has 0 unspecified atom stereocenters. The van der Waals surface area contributed by atoms with Crippen molar-refractivity contribution in [1.29, 1.82) is 0 Å². The Morgan fingerprint density at radius 1 is 1.42 bits per heavy atom. The van der Waals surface area contributed by atoms with E-state index in [-0.39, 0.29) is 5.91 Å². The van der Waals surface area contributed by atoms with Gasteiger partial charge in [-0.25, -0.2) is 4.98 Å². The standard InChI is InChI=1S/C14H21N3O2/c1-2-6-15-13-5-4-12(11-16-13)14(18)17-7-3-9-19-10-8-17/h4-5,11H,2-3,6-10H2,1H3,(H,15,16). The van der Waals surface area contributed by atoms with E-state index in [1.807, 2.05) is 17.0 Å². The topological polar surface area (TPSA) is 54.5 Å². The first-order valence-corrected chi connectivity index (χ1v) is 6.88. The van der Waals surface area contributed by atoms with Crippen LogP contribution < -0.4 is 5.32 Å². The predicted molar refractivity (Wildman–Crippen MR) is 74.4 cm³/mol. The van der Waals surface area contributed by atoms with Crippen molar-refractivity contribution in [3.05, 3.63) is 23.9 Å². The highest BCUT2D eigenvalue weighted by atomic mass is 16.5. The number of ether oxygens (including phenoxy) is 1. The van der Waals surface area contributed by atoms with E-state index >= 15 is 0 Å². The predicted octanol–water partition coefficient (Wildman–Crippen LogP) is 1.77. The van der Waals surface area contributed by atoms with E-state index in [2.05, 4.69) is 17.2 Å². The van der Waals surface area contributed by atoms with Crippen LogP contribution in [0.15, 0.2) is 18.3 Å². The second-order valence-electron chi connectivity index (χ2n) is 4.62. The number of hydrogen-bond acceptors (Lipinski definition) is 4. The van der Waals surface area contributed by atoms with E-state index in [0.717, 1.165) is 38.4 Å². The average molecular weight is 263 g/mol. The van der Waals surface area contributed by atoms with Crippen LogP contribution in [-0.2, 0) is 4.74 Å². The molecule has 0 bridgehead atoms. The summed E-state index contributed by atoms with van der Waals surface area (Å²) in [6.45, 7) is 5.77. The summed E-state index contributed by atoms with van der Waals surface area (Å²) in [5, 5.41) is 3.19. The van der Waals surface area contributed by atoms with Crippen LogP contribution in [0, 0.1) is 0 Å². The molecule has 1 aromatic rings. The SMILES string of the molecule is CCCNc1ccc(C(=O)N2CCCOCC2)cn1. The molecule has 104 valence electrons. The molecular formula is C14H21N3O2. The van der Waals surface area contributed by atoms with Crippen LogP contribution in [0.5, 0.6) is 0 Å². The lowest BCUT2D eigenvalue weighted by Gasteiger charge is -2.19. The van der Waals surface area contributed by atoms with E-state index in [1.165, 1.54) is 0 Å². The smallest absolute Gasteiger partial charge is 0.255 e. The number of anilines is 1. The molecule has 0 saturated carbocycles. The molecule has 1 aromatic heterocycles. The van der Waals surface area contributed by atoms with Crippen molar-refractivity contribution >= 4 is 11.7 Å². The van der Waals surface area contributed by atoms with Crippen LogP contribution in [0.3, 0.4) is 0 Å². The van der Waals surface area contributed by atoms with Gasteiger partial charge < -0.3 is 15.0 Å². The van der Waals surface area contributed by atoms with Crippen molar-refractivity contribution in [2.45, 2.75) is 19.8 Å². The van der Waals surface area contributed by atoms with E-state index in [9.17, 15) is 4.79 Å². The van der Waals surface area contributed by atoms with E-state index in [0.29, 0.717) is 18.7 Å². The summed E-state index contributed by atoms with van der Waals surface area (Å²) >= 11 is 0. The summed E-state index contributed by atoms with van der Waals surface area (Å²) in [7, 11) is 0. The van der Waals surface area contributed by atoms with Gasteiger partial charge in [-0.15, -0.1) is 0 Å². The van der Waals surface area contributed by atoms with Crippen molar-refractivity contribution < 1.29 is 9.53 Å². The molecule has 5 nitrogen and oxygen atoms in total. The zero-order valence-electron chi connectivity index (χ0n) is 11.4. The molecular weight excluding hydrogens is 242 g/mol. The Labute approximate surface area is 114 Å². The highest BCUT2D eigenvalue weighted by molar-refractivity contribution is 5.94. The maximum absolute atomic E-state index is 12.3. The maximum Gasteiger partial charge on any atom is 0.255 e. The van der Waals surface area contributed by atoms with Gasteiger partial charge in [0.05, 0.1) is 12.2 Å². The van der Waals surface area contributed by atoms with Crippen molar-refractivity contribution in [3.8, 4) is 0 Å². The number of carbonyl (C=O) groups excluding carboxylic acids is 1. The first kappa shape index (κ1) is 13.8. The molecule has 0 aliphatic carbocycles. The number of nitrogens with one attached hydrogen (secondary N) is 1. The van der Waals surface area contributed by atoms with E-state index in [1.54, 1.807) is 6.20 Å². The van der Waals surface area contributed by atoms with Crippen molar-refractivity contribution in [2.75, 3.05) is 38.2 Å². The molecule has 1 fully saturated rings. The van der Waals surface area contributed by atoms with Gasteiger partial charge in [-0.3, -0.25) is 4.79 Å². The van der Waals surface area contributed by atoms with Gasteiger partial charge in [0, 0.05) is 32.4 Å². The number of carbonyl (C=O) groups is 1. The van der Waals surface area contributed by atoms with Gasteiger partial charge in [-0.05, 0) is 25.0 Å². The van der Waals surface area contributed by atoms with Gasteiger partial charge in [0.25, 0.3) is 5.91 Å². The summed E-state index contributed by atoms with van der Waals surface area (Å²) in [5.41, 5.74) is 0.643. The summed E-state index contributed by atoms with van der Waals surface area (Å²) in [6.07, 6.45) is 3.59. The first-order chi connectivity index (χ1) is 9.31. The first-order valence-electron chi connectivity index (χ1n) is 6.88. The third kappa shape index (κ3) is 3.92. The summed E-state index contributed by atoms with van der Waals surface area (Å²) in [4.78, 5) is 18.4. The third-order valence-corrected chi connectivity index (χ3v) is 3.08. The number of rotatable bonds is 4. The highest BCUT2D eigenvalue weighted by Crippen LogP contribution is 2.10. The minimum Gasteiger partial charge on any atom is -0.380 e. The molecule has 1 N–H and O–H groups in total. The van der Waals surface area contributed by atoms with Crippen LogP contribution in [0.1, 0.15) is 30.1 Å². The molecule has 0 radical (unpaired) electrons. The van der Waals surface area contributed by atoms with Crippen molar-refractivity contribution in [2.24, 2.45) is 0 Å². The Hall–Kier alpha value is -1.62. The van der Waals surface area contributed by atoms with Crippen LogP contribution in [-0.4, -0.2) is 48.6 Å². The largest absolute Gasteiger partial charge is 0.380 e. The number of aromatic nitrogens is 1. The molecule has 2 heterocycles. The highest BCUT2D eigenvalue weighted by Gasteiger charge is 2.17. The Morgan fingerprint density at radius 2 is 2.32 bits per heavy atom. The average Bonchev–Trinajstić information content (AvgIpc) is 2.74. The Morgan fingerprint density at radius 3 is 3.05 bits per heavy atom. The molecule has 1 aliphatic rings. The minimum absolute atomic E-state index is 0.0417. The van der Waals surface area contributed by atoms with Gasteiger partial charge in [-0.2, -0.15) is 0 Å². The number of amides is 1. The van der Waals surface area contributed by atoms with Crippen LogP contribution in [0.25, 0.3) is 0 Å².